The van der Waals surface area contributed by atoms with E-state index in [4.69, 9.17) is 4.74 Å². The van der Waals surface area contributed by atoms with Gasteiger partial charge in [-0.1, -0.05) is 40.0 Å². The summed E-state index contributed by atoms with van der Waals surface area (Å²) >= 11 is 0. The van der Waals surface area contributed by atoms with Crippen LogP contribution in [0.15, 0.2) is 4.99 Å². The zero-order valence-electron chi connectivity index (χ0n) is 12.1. The van der Waals surface area contributed by atoms with Gasteiger partial charge in [0, 0.05) is 5.92 Å². The average molecular weight is 249 g/mol. The summed E-state index contributed by atoms with van der Waals surface area (Å²) in [5.41, 5.74) is 0.512. The van der Waals surface area contributed by atoms with Crippen LogP contribution in [-0.4, -0.2) is 18.5 Å². The maximum atomic E-state index is 5.87. The fourth-order valence-electron chi connectivity index (χ4n) is 4.94. The van der Waals surface area contributed by atoms with Crippen LogP contribution in [0.4, 0.5) is 0 Å². The summed E-state index contributed by atoms with van der Waals surface area (Å²) in [6.07, 6.45) is 10.4. The van der Waals surface area contributed by atoms with Gasteiger partial charge in [-0.3, -0.25) is 4.99 Å². The van der Waals surface area contributed by atoms with Gasteiger partial charge in [0.25, 0.3) is 0 Å². The Labute approximate surface area is 111 Å². The lowest BCUT2D eigenvalue weighted by molar-refractivity contribution is -0.0554. The van der Waals surface area contributed by atoms with Gasteiger partial charge in [-0.25, -0.2) is 0 Å². The molecule has 1 heterocycles. The largest absolute Gasteiger partial charge is 0.478 e. The number of rotatable bonds is 1. The molecule has 0 amide bonds. The Morgan fingerprint density at radius 1 is 1.28 bits per heavy atom. The molecule has 0 saturated heterocycles. The van der Waals surface area contributed by atoms with Crippen LogP contribution in [0.2, 0.25) is 0 Å². The molecular formula is C16H27NO. The highest BCUT2D eigenvalue weighted by Crippen LogP contribution is 2.55. The van der Waals surface area contributed by atoms with E-state index in [1.165, 1.54) is 38.5 Å². The lowest BCUT2D eigenvalue weighted by Crippen LogP contribution is -2.51. The first-order valence-electron chi connectivity index (χ1n) is 7.79. The Morgan fingerprint density at radius 3 is 2.89 bits per heavy atom. The SMILES string of the molecule is CC(C)C1C2CCCCC[C@@]2(C)CC2N=CO[C@@H]21. The summed E-state index contributed by atoms with van der Waals surface area (Å²) in [4.78, 5) is 4.61. The summed E-state index contributed by atoms with van der Waals surface area (Å²) in [6.45, 7) is 7.28. The molecule has 3 rings (SSSR count). The van der Waals surface area contributed by atoms with Crippen molar-refractivity contribution in [2.24, 2.45) is 28.2 Å². The molecule has 0 N–H and O–H groups in total. The van der Waals surface area contributed by atoms with Gasteiger partial charge in [0.15, 0.2) is 6.40 Å². The molecule has 5 atom stereocenters. The van der Waals surface area contributed by atoms with Crippen molar-refractivity contribution in [1.29, 1.82) is 0 Å². The molecule has 18 heavy (non-hydrogen) atoms. The maximum Gasteiger partial charge on any atom is 0.170 e. The van der Waals surface area contributed by atoms with Crippen molar-refractivity contribution >= 4 is 6.40 Å². The van der Waals surface area contributed by atoms with E-state index in [0.29, 0.717) is 29.4 Å². The quantitative estimate of drug-likeness (QED) is 0.687. The second kappa shape index (κ2) is 4.54. The summed E-state index contributed by atoms with van der Waals surface area (Å²) in [5, 5.41) is 0. The van der Waals surface area contributed by atoms with Gasteiger partial charge in [0.1, 0.15) is 6.10 Å². The lowest BCUT2D eigenvalue weighted by atomic mass is 9.56. The van der Waals surface area contributed by atoms with Gasteiger partial charge in [-0.15, -0.1) is 0 Å². The predicted octanol–water partition coefficient (Wildman–Crippen LogP) is 4.04. The molecule has 0 aromatic rings. The molecule has 3 unspecified atom stereocenters. The predicted molar refractivity (Wildman–Crippen MR) is 74.8 cm³/mol. The lowest BCUT2D eigenvalue weighted by Gasteiger charge is -2.51. The Kier molecular flexibility index (Phi) is 3.15. The molecule has 2 heteroatoms. The Hall–Kier alpha value is -0.530. The number of hydrogen-bond donors (Lipinski definition) is 0. The molecule has 3 aliphatic rings. The number of hydrogen-bond acceptors (Lipinski definition) is 2. The van der Waals surface area contributed by atoms with E-state index in [9.17, 15) is 0 Å². The van der Waals surface area contributed by atoms with Crippen molar-refractivity contribution in [1.82, 2.24) is 0 Å². The van der Waals surface area contributed by atoms with Gasteiger partial charge >= 0.3 is 0 Å². The van der Waals surface area contributed by atoms with Gasteiger partial charge in [0.05, 0.1) is 6.04 Å². The third-order valence-electron chi connectivity index (χ3n) is 5.80. The molecule has 0 aromatic carbocycles. The van der Waals surface area contributed by atoms with Crippen LogP contribution >= 0.6 is 0 Å². The van der Waals surface area contributed by atoms with Crippen LogP contribution in [0.5, 0.6) is 0 Å². The normalized spacial score (nSPS) is 47.3. The molecule has 0 bridgehead atoms. The zero-order chi connectivity index (χ0) is 12.8. The molecule has 102 valence electrons. The summed E-state index contributed by atoms with van der Waals surface area (Å²) in [7, 11) is 0. The molecule has 2 nitrogen and oxygen atoms in total. The van der Waals surface area contributed by atoms with Crippen LogP contribution < -0.4 is 0 Å². The van der Waals surface area contributed by atoms with Crippen molar-refractivity contribution in [2.75, 3.05) is 0 Å². The molecule has 0 spiro atoms. The van der Waals surface area contributed by atoms with E-state index in [0.717, 1.165) is 5.92 Å². The molecule has 2 saturated carbocycles. The molecule has 2 fully saturated rings. The highest BCUT2D eigenvalue weighted by molar-refractivity contribution is 5.50. The standard InChI is InChI=1S/C16H27NO/c1-11(2)14-12-7-5-4-6-8-16(12,3)9-13-15(14)18-10-17-13/h10-15H,4-9H2,1-3H3/t12?,13?,14?,15-,16-/m0/s1. The van der Waals surface area contributed by atoms with Crippen molar-refractivity contribution in [3.8, 4) is 0 Å². The Balaban J connectivity index is 1.93. The van der Waals surface area contributed by atoms with E-state index in [-0.39, 0.29) is 0 Å². The zero-order valence-corrected chi connectivity index (χ0v) is 12.1. The number of fused-ring (bicyclic) bond motifs is 2. The Morgan fingerprint density at radius 2 is 2.11 bits per heavy atom. The fourth-order valence-corrected chi connectivity index (χ4v) is 4.94. The minimum absolute atomic E-state index is 0.376. The van der Waals surface area contributed by atoms with Crippen molar-refractivity contribution in [2.45, 2.75) is 71.4 Å². The molecular weight excluding hydrogens is 222 g/mol. The Bertz CT molecular complexity index is 338. The van der Waals surface area contributed by atoms with Crippen LogP contribution in [0.25, 0.3) is 0 Å². The van der Waals surface area contributed by atoms with E-state index >= 15 is 0 Å². The second-order valence-electron chi connectivity index (χ2n) is 7.31. The number of nitrogens with zero attached hydrogens (tertiary/aromatic N) is 1. The monoisotopic (exact) mass is 249 g/mol. The van der Waals surface area contributed by atoms with Gasteiger partial charge in [0.2, 0.25) is 0 Å². The van der Waals surface area contributed by atoms with E-state index < -0.39 is 0 Å². The minimum atomic E-state index is 0.376. The molecule has 0 aromatic heterocycles. The van der Waals surface area contributed by atoms with E-state index in [2.05, 4.69) is 25.8 Å². The first kappa shape index (κ1) is 12.5. The van der Waals surface area contributed by atoms with Crippen LogP contribution in [0.3, 0.4) is 0 Å². The van der Waals surface area contributed by atoms with E-state index in [1.54, 1.807) is 6.40 Å². The van der Waals surface area contributed by atoms with Gasteiger partial charge in [-0.05, 0) is 36.5 Å². The van der Waals surface area contributed by atoms with Crippen LogP contribution in [0.1, 0.15) is 59.3 Å². The highest BCUT2D eigenvalue weighted by atomic mass is 16.5. The van der Waals surface area contributed by atoms with Crippen molar-refractivity contribution < 1.29 is 4.74 Å². The summed E-state index contributed by atoms with van der Waals surface area (Å²) < 4.78 is 5.87. The fraction of sp³-hybridized carbons (Fsp3) is 0.938. The third-order valence-corrected chi connectivity index (χ3v) is 5.80. The smallest absolute Gasteiger partial charge is 0.170 e. The third kappa shape index (κ3) is 1.88. The van der Waals surface area contributed by atoms with Gasteiger partial charge in [-0.2, -0.15) is 0 Å². The highest BCUT2D eigenvalue weighted by Gasteiger charge is 2.53. The van der Waals surface area contributed by atoms with Gasteiger partial charge < -0.3 is 4.74 Å². The summed E-state index contributed by atoms with van der Waals surface area (Å²) in [5.74, 6) is 2.26. The summed E-state index contributed by atoms with van der Waals surface area (Å²) in [6, 6.07) is 0.441. The second-order valence-corrected chi connectivity index (χ2v) is 7.31. The van der Waals surface area contributed by atoms with Crippen molar-refractivity contribution in [3.05, 3.63) is 0 Å². The van der Waals surface area contributed by atoms with Crippen LogP contribution in [0, 0.1) is 23.2 Å². The topological polar surface area (TPSA) is 21.6 Å². The number of aliphatic imine (C=N–C) groups is 1. The van der Waals surface area contributed by atoms with E-state index in [1.807, 2.05) is 0 Å². The van der Waals surface area contributed by atoms with Crippen LogP contribution in [-0.2, 0) is 4.74 Å². The molecule has 0 radical (unpaired) electrons. The molecule has 2 aliphatic carbocycles. The minimum Gasteiger partial charge on any atom is -0.478 e. The maximum absolute atomic E-state index is 5.87. The van der Waals surface area contributed by atoms with Crippen molar-refractivity contribution in [3.63, 3.8) is 0 Å². The number of ether oxygens (including phenoxy) is 1. The first-order valence-corrected chi connectivity index (χ1v) is 7.79. The average Bonchev–Trinajstić information content (AvgIpc) is 2.66. The molecule has 1 aliphatic heterocycles. The first-order chi connectivity index (χ1) is 8.62.